The first-order valence-corrected chi connectivity index (χ1v) is 10.9. The molecule has 33 heavy (non-hydrogen) atoms. The zero-order valence-corrected chi connectivity index (χ0v) is 19.4. The molecule has 0 aliphatic carbocycles. The maximum Gasteiger partial charge on any atom is 0.323 e. The second-order valence-corrected chi connectivity index (χ2v) is 8.43. The molecule has 4 aromatic rings. The summed E-state index contributed by atoms with van der Waals surface area (Å²) >= 11 is 7.26. The Hall–Kier alpha value is -3.55. The first-order chi connectivity index (χ1) is 15.9. The molecule has 2 amide bonds. The van der Waals surface area contributed by atoms with Crippen LogP contribution in [0.2, 0.25) is 5.02 Å². The molecule has 4 rings (SSSR count). The molecule has 4 heterocycles. The molecular weight excluding hydrogens is 470 g/mol. The number of methoxy groups -OCH3 is 1. The van der Waals surface area contributed by atoms with Crippen LogP contribution in [0.25, 0.3) is 16.2 Å². The summed E-state index contributed by atoms with van der Waals surface area (Å²) in [4.78, 5) is 39.5. The number of nitrogens with one attached hydrogen (secondary N) is 3. The van der Waals surface area contributed by atoms with E-state index in [0.29, 0.717) is 39.8 Å². The number of aromatic amines is 1. The lowest BCUT2D eigenvalue weighted by molar-refractivity contribution is 0.183. The van der Waals surface area contributed by atoms with Gasteiger partial charge in [-0.15, -0.1) is 4.80 Å². The molecule has 0 bridgehead atoms. The van der Waals surface area contributed by atoms with Crippen LogP contribution >= 0.6 is 22.9 Å². The summed E-state index contributed by atoms with van der Waals surface area (Å²) in [6, 6.07) is 0.961. The molecule has 0 aliphatic heterocycles. The van der Waals surface area contributed by atoms with Crippen molar-refractivity contribution >= 4 is 56.4 Å². The molecule has 0 aliphatic rings. The number of nitrogens with zero attached hydrogens (tertiary/aromatic N) is 6. The standard InChI is InChI=1S/C19H20ClN9O3S/c1-10(9-32-3)28(2)15-13(8-22-17-14(15)27-19(31)33-17)26-18(30)25-11-6-12(20)16(21-7-11)29-23-4-5-24-29/h4-8,10H,9H2,1-3H3,(H,27,31)(H2,25,26,30). The van der Waals surface area contributed by atoms with Crippen LogP contribution in [-0.4, -0.2) is 62.8 Å². The molecule has 1 unspecified atom stereocenters. The number of carbonyl (C=O) groups is 1. The predicted molar refractivity (Wildman–Crippen MR) is 127 cm³/mol. The van der Waals surface area contributed by atoms with Gasteiger partial charge in [-0.05, 0) is 13.0 Å². The van der Waals surface area contributed by atoms with E-state index < -0.39 is 6.03 Å². The van der Waals surface area contributed by atoms with Crippen molar-refractivity contribution in [3.63, 3.8) is 0 Å². The number of halogens is 1. The molecule has 0 aromatic carbocycles. The molecule has 0 fully saturated rings. The molecular formula is C19H20ClN9O3S. The molecule has 12 nitrogen and oxygen atoms in total. The van der Waals surface area contributed by atoms with Crippen molar-refractivity contribution in [2.24, 2.45) is 0 Å². The Morgan fingerprint density at radius 1 is 1.30 bits per heavy atom. The SMILES string of the molecule is COCC(C)N(C)c1c(NC(=O)Nc2cnc(-n3nccn3)c(Cl)c2)cnc2sc(=O)[nH]c12. The maximum absolute atomic E-state index is 12.8. The van der Waals surface area contributed by atoms with E-state index >= 15 is 0 Å². The fourth-order valence-corrected chi connectivity index (χ4v) is 4.10. The molecule has 0 spiro atoms. The van der Waals surface area contributed by atoms with Crippen LogP contribution in [0.1, 0.15) is 6.92 Å². The number of H-pyrrole nitrogens is 1. The fourth-order valence-electron chi connectivity index (χ4n) is 3.18. The van der Waals surface area contributed by atoms with Gasteiger partial charge in [-0.25, -0.2) is 14.8 Å². The van der Waals surface area contributed by atoms with E-state index in [-0.39, 0.29) is 15.9 Å². The summed E-state index contributed by atoms with van der Waals surface area (Å²) in [5.41, 5.74) is 1.94. The predicted octanol–water partition coefficient (Wildman–Crippen LogP) is 2.73. The Kier molecular flexibility index (Phi) is 6.53. The molecule has 3 N–H and O–H groups in total. The fraction of sp³-hybridized carbons (Fsp3) is 0.263. The Balaban J connectivity index is 1.59. The van der Waals surface area contributed by atoms with Crippen molar-refractivity contribution in [3.8, 4) is 5.82 Å². The van der Waals surface area contributed by atoms with Crippen molar-refractivity contribution in [1.82, 2.24) is 29.9 Å². The third kappa shape index (κ3) is 4.79. The van der Waals surface area contributed by atoms with E-state index in [0.717, 1.165) is 11.3 Å². The summed E-state index contributed by atoms with van der Waals surface area (Å²) in [5.74, 6) is 0.333. The number of anilines is 3. The van der Waals surface area contributed by atoms with Crippen LogP contribution in [0.4, 0.5) is 21.9 Å². The summed E-state index contributed by atoms with van der Waals surface area (Å²) in [7, 11) is 3.46. The number of amides is 2. The van der Waals surface area contributed by atoms with Gasteiger partial charge in [0.15, 0.2) is 5.82 Å². The Labute approximate surface area is 196 Å². The Morgan fingerprint density at radius 3 is 2.76 bits per heavy atom. The normalized spacial score (nSPS) is 12.0. The largest absolute Gasteiger partial charge is 0.383 e. The Morgan fingerprint density at radius 2 is 2.06 bits per heavy atom. The summed E-state index contributed by atoms with van der Waals surface area (Å²) in [5, 5.41) is 13.7. The zero-order valence-electron chi connectivity index (χ0n) is 17.9. The van der Waals surface area contributed by atoms with Gasteiger partial charge in [0, 0.05) is 20.2 Å². The maximum atomic E-state index is 12.8. The number of likely N-dealkylation sites (N-methyl/N-ethyl adjacent to an activating group) is 1. The Bertz CT molecular complexity index is 1340. The summed E-state index contributed by atoms with van der Waals surface area (Å²) < 4.78 is 5.25. The molecule has 14 heteroatoms. The minimum absolute atomic E-state index is 0.0425. The van der Waals surface area contributed by atoms with Gasteiger partial charge >= 0.3 is 10.9 Å². The smallest absolute Gasteiger partial charge is 0.323 e. The molecule has 0 saturated carbocycles. The third-order valence-corrected chi connectivity index (χ3v) is 5.86. The topological polar surface area (TPSA) is 143 Å². The molecule has 1 atom stereocenters. The second-order valence-electron chi connectivity index (χ2n) is 7.06. The number of carbonyl (C=O) groups excluding carboxylic acids is 1. The zero-order chi connectivity index (χ0) is 23.5. The number of pyridine rings is 2. The van der Waals surface area contributed by atoms with Crippen molar-refractivity contribution in [2.45, 2.75) is 13.0 Å². The second kappa shape index (κ2) is 9.52. The van der Waals surface area contributed by atoms with E-state index in [9.17, 15) is 9.59 Å². The monoisotopic (exact) mass is 489 g/mol. The number of thiazole rings is 1. The van der Waals surface area contributed by atoms with Crippen molar-refractivity contribution in [2.75, 3.05) is 36.3 Å². The van der Waals surface area contributed by atoms with Gasteiger partial charge in [-0.2, -0.15) is 10.2 Å². The lowest BCUT2D eigenvalue weighted by Gasteiger charge is -2.28. The van der Waals surface area contributed by atoms with Crippen molar-refractivity contribution < 1.29 is 9.53 Å². The van der Waals surface area contributed by atoms with E-state index in [2.05, 4.69) is 35.8 Å². The number of fused-ring (bicyclic) bond motifs is 1. The van der Waals surface area contributed by atoms with Gasteiger partial charge in [-0.3, -0.25) is 4.79 Å². The van der Waals surface area contributed by atoms with E-state index in [1.807, 2.05) is 18.9 Å². The average molecular weight is 490 g/mol. The first kappa shape index (κ1) is 22.6. The van der Waals surface area contributed by atoms with E-state index in [1.54, 1.807) is 13.2 Å². The van der Waals surface area contributed by atoms with Crippen LogP contribution < -0.4 is 20.4 Å². The summed E-state index contributed by atoms with van der Waals surface area (Å²) in [6.07, 6.45) is 5.96. The van der Waals surface area contributed by atoms with E-state index in [1.165, 1.54) is 29.6 Å². The van der Waals surface area contributed by atoms with Gasteiger partial charge in [0.05, 0.1) is 53.5 Å². The number of hydrogen-bond acceptors (Lipinski definition) is 9. The van der Waals surface area contributed by atoms with Gasteiger partial charge in [0.25, 0.3) is 0 Å². The van der Waals surface area contributed by atoms with Gasteiger partial charge in [-0.1, -0.05) is 22.9 Å². The molecule has 4 aromatic heterocycles. The van der Waals surface area contributed by atoms with Crippen LogP contribution in [0.5, 0.6) is 0 Å². The highest BCUT2D eigenvalue weighted by atomic mass is 35.5. The highest BCUT2D eigenvalue weighted by molar-refractivity contribution is 7.16. The number of urea groups is 1. The molecule has 0 saturated heterocycles. The minimum atomic E-state index is -0.536. The molecule has 0 radical (unpaired) electrons. The lowest BCUT2D eigenvalue weighted by Crippen LogP contribution is -2.34. The average Bonchev–Trinajstić information content (AvgIpc) is 3.42. The van der Waals surface area contributed by atoms with Crippen LogP contribution in [-0.2, 0) is 4.74 Å². The van der Waals surface area contributed by atoms with Crippen LogP contribution in [0.3, 0.4) is 0 Å². The number of hydrogen-bond donors (Lipinski definition) is 3. The van der Waals surface area contributed by atoms with Crippen LogP contribution in [0, 0.1) is 0 Å². The van der Waals surface area contributed by atoms with Crippen LogP contribution in [0.15, 0.2) is 35.6 Å². The highest BCUT2D eigenvalue weighted by Gasteiger charge is 2.21. The van der Waals surface area contributed by atoms with Crippen molar-refractivity contribution in [1.29, 1.82) is 0 Å². The third-order valence-electron chi connectivity index (χ3n) is 4.79. The first-order valence-electron chi connectivity index (χ1n) is 9.71. The quantitative estimate of drug-likeness (QED) is 0.359. The van der Waals surface area contributed by atoms with E-state index in [4.69, 9.17) is 16.3 Å². The lowest BCUT2D eigenvalue weighted by atomic mass is 10.2. The summed E-state index contributed by atoms with van der Waals surface area (Å²) in [6.45, 7) is 2.41. The van der Waals surface area contributed by atoms with Gasteiger partial charge < -0.3 is 25.3 Å². The van der Waals surface area contributed by atoms with Gasteiger partial charge in [0.2, 0.25) is 0 Å². The number of ether oxygens (including phenoxy) is 1. The highest BCUT2D eigenvalue weighted by Crippen LogP contribution is 2.33. The van der Waals surface area contributed by atoms with Gasteiger partial charge in [0.1, 0.15) is 10.3 Å². The number of aromatic nitrogens is 6. The number of rotatable bonds is 7. The minimum Gasteiger partial charge on any atom is -0.383 e. The molecule has 172 valence electrons. The van der Waals surface area contributed by atoms with Crippen molar-refractivity contribution in [3.05, 3.63) is 45.5 Å².